The molecule has 0 fully saturated rings. The number of anilines is 1. The lowest BCUT2D eigenvalue weighted by Gasteiger charge is -2.22. The van der Waals surface area contributed by atoms with Crippen LogP contribution >= 0.6 is 15.9 Å². The maximum atomic E-state index is 8.73. The van der Waals surface area contributed by atoms with Gasteiger partial charge in [-0.3, -0.25) is 0 Å². The lowest BCUT2D eigenvalue weighted by molar-refractivity contribution is 0.304. The molecule has 0 aliphatic rings. The van der Waals surface area contributed by atoms with E-state index in [0.29, 0.717) is 0 Å². The molecule has 0 aromatic heterocycles. The summed E-state index contributed by atoms with van der Waals surface area (Å²) >= 11 is 3.46. The Bertz CT molecular complexity index is 490. The molecule has 6 heteroatoms. The second-order valence-electron chi connectivity index (χ2n) is 5.60. The second kappa shape index (κ2) is 8.12. The van der Waals surface area contributed by atoms with Crippen LogP contribution in [0.1, 0.15) is 33.1 Å². The highest BCUT2D eigenvalue weighted by Crippen LogP contribution is 2.28. The highest BCUT2D eigenvalue weighted by Gasteiger charge is 2.22. The van der Waals surface area contributed by atoms with Crippen molar-refractivity contribution in [3.05, 3.63) is 22.7 Å². The predicted molar refractivity (Wildman–Crippen MR) is 90.2 cm³/mol. The van der Waals surface area contributed by atoms with Gasteiger partial charge < -0.3 is 21.0 Å². The monoisotopic (exact) mass is 357 g/mol. The Morgan fingerprint density at radius 3 is 2.71 bits per heavy atom. The fraction of sp³-hybridized carbons (Fsp3) is 0.533. The Morgan fingerprint density at radius 2 is 2.14 bits per heavy atom. The van der Waals surface area contributed by atoms with Crippen molar-refractivity contribution >= 4 is 27.5 Å². The Morgan fingerprint density at radius 1 is 1.43 bits per heavy atom. The lowest BCUT2D eigenvalue weighted by Crippen LogP contribution is -2.31. The molecular weight excluding hydrogens is 334 g/mol. The van der Waals surface area contributed by atoms with Crippen molar-refractivity contribution in [3.63, 3.8) is 0 Å². The quantitative estimate of drug-likeness (QED) is 0.217. The third-order valence-corrected chi connectivity index (χ3v) is 4.13. The number of nitrogens with one attached hydrogen (secondary N) is 1. The minimum Gasteiger partial charge on any atom is -0.496 e. The number of hydrogen-bond donors (Lipinski definition) is 3. The van der Waals surface area contributed by atoms with Gasteiger partial charge >= 0.3 is 0 Å². The van der Waals surface area contributed by atoms with Gasteiger partial charge in [0.1, 0.15) is 11.6 Å². The van der Waals surface area contributed by atoms with Gasteiger partial charge in [0, 0.05) is 17.6 Å². The van der Waals surface area contributed by atoms with Gasteiger partial charge in [0.25, 0.3) is 0 Å². The minimum absolute atomic E-state index is 0.266. The second-order valence-corrected chi connectivity index (χ2v) is 6.46. The van der Waals surface area contributed by atoms with Crippen molar-refractivity contribution in [1.82, 2.24) is 0 Å². The number of amidine groups is 1. The topological polar surface area (TPSA) is 79.9 Å². The molecule has 0 saturated heterocycles. The van der Waals surface area contributed by atoms with Crippen molar-refractivity contribution in [1.29, 1.82) is 0 Å². The number of oxime groups is 1. The number of rotatable bonds is 8. The summed E-state index contributed by atoms with van der Waals surface area (Å²) in [7, 11) is 1.65. The van der Waals surface area contributed by atoms with Crippen LogP contribution < -0.4 is 15.8 Å². The molecule has 1 aromatic rings. The Kier molecular flexibility index (Phi) is 6.81. The Balaban J connectivity index is 2.33. The van der Waals surface area contributed by atoms with Gasteiger partial charge in [-0.25, -0.2) is 0 Å². The standard InChI is InChI=1S/C15H24BrN3O2/c1-15(2,14(17)19-20)8-4-5-9-18-11-6-7-13(21-3)12(16)10-11/h6-7,10,18,20H,4-5,8-9H2,1-3H3,(H2,17,19). The zero-order valence-corrected chi connectivity index (χ0v) is 14.4. The molecule has 1 rings (SSSR count). The number of halogens is 1. The predicted octanol–water partition coefficient (Wildman–Crippen LogP) is 3.81. The first-order chi connectivity index (χ1) is 9.90. The molecule has 1 aromatic carbocycles. The average molecular weight is 358 g/mol. The van der Waals surface area contributed by atoms with Crippen LogP contribution in [0, 0.1) is 5.41 Å². The van der Waals surface area contributed by atoms with Gasteiger partial charge in [-0.2, -0.15) is 0 Å². The molecule has 0 aliphatic carbocycles. The Hall–Kier alpha value is -1.43. The zero-order valence-electron chi connectivity index (χ0n) is 12.8. The van der Waals surface area contributed by atoms with Gasteiger partial charge in [0.05, 0.1) is 11.6 Å². The molecule has 0 atom stereocenters. The SMILES string of the molecule is COc1ccc(NCCCCC(C)(C)/C(N)=N/O)cc1Br. The van der Waals surface area contributed by atoms with Crippen molar-refractivity contribution in [2.45, 2.75) is 33.1 Å². The zero-order chi connectivity index (χ0) is 15.9. The third kappa shape index (κ3) is 5.46. The molecule has 0 unspecified atom stereocenters. The molecule has 21 heavy (non-hydrogen) atoms. The van der Waals surface area contributed by atoms with E-state index in [4.69, 9.17) is 15.7 Å². The number of nitrogens with two attached hydrogens (primary N) is 1. The van der Waals surface area contributed by atoms with Crippen molar-refractivity contribution in [2.24, 2.45) is 16.3 Å². The molecule has 0 bridgehead atoms. The van der Waals surface area contributed by atoms with Crippen LogP contribution in [0.15, 0.2) is 27.8 Å². The van der Waals surface area contributed by atoms with E-state index in [2.05, 4.69) is 26.4 Å². The summed E-state index contributed by atoms with van der Waals surface area (Å²) < 4.78 is 6.13. The van der Waals surface area contributed by atoms with Crippen LogP contribution in [-0.4, -0.2) is 24.7 Å². The molecule has 0 heterocycles. The molecule has 0 saturated carbocycles. The van der Waals surface area contributed by atoms with E-state index in [9.17, 15) is 0 Å². The van der Waals surface area contributed by atoms with Crippen molar-refractivity contribution < 1.29 is 9.94 Å². The van der Waals surface area contributed by atoms with Crippen LogP contribution in [0.3, 0.4) is 0 Å². The van der Waals surface area contributed by atoms with Gasteiger partial charge in [-0.1, -0.05) is 25.4 Å². The van der Waals surface area contributed by atoms with Crippen LogP contribution in [-0.2, 0) is 0 Å². The van der Waals surface area contributed by atoms with Gasteiger partial charge in [0.15, 0.2) is 0 Å². The molecule has 5 nitrogen and oxygen atoms in total. The number of ether oxygens (including phenoxy) is 1. The van der Waals surface area contributed by atoms with E-state index in [1.807, 2.05) is 32.0 Å². The van der Waals surface area contributed by atoms with Crippen LogP contribution in [0.5, 0.6) is 5.75 Å². The fourth-order valence-electron chi connectivity index (χ4n) is 1.96. The van der Waals surface area contributed by atoms with Gasteiger partial charge in [0.2, 0.25) is 0 Å². The van der Waals surface area contributed by atoms with Gasteiger partial charge in [-0.15, -0.1) is 0 Å². The normalized spacial score (nSPS) is 12.3. The molecule has 0 aliphatic heterocycles. The number of hydrogen-bond acceptors (Lipinski definition) is 4. The maximum absolute atomic E-state index is 8.73. The summed E-state index contributed by atoms with van der Waals surface area (Å²) in [6.45, 7) is 4.84. The first kappa shape index (κ1) is 17.6. The number of benzene rings is 1. The van der Waals surface area contributed by atoms with E-state index in [1.54, 1.807) is 7.11 Å². The molecule has 0 radical (unpaired) electrons. The van der Waals surface area contributed by atoms with E-state index in [-0.39, 0.29) is 11.3 Å². The van der Waals surface area contributed by atoms with Crippen LogP contribution in [0.4, 0.5) is 5.69 Å². The van der Waals surface area contributed by atoms with E-state index in [1.165, 1.54) is 0 Å². The lowest BCUT2D eigenvalue weighted by atomic mass is 9.86. The number of methoxy groups -OCH3 is 1. The van der Waals surface area contributed by atoms with Crippen LogP contribution in [0.2, 0.25) is 0 Å². The van der Waals surface area contributed by atoms with Gasteiger partial charge in [-0.05, 0) is 47.0 Å². The van der Waals surface area contributed by atoms with Crippen LogP contribution in [0.25, 0.3) is 0 Å². The summed E-state index contributed by atoms with van der Waals surface area (Å²) in [4.78, 5) is 0. The van der Waals surface area contributed by atoms with E-state index >= 15 is 0 Å². The maximum Gasteiger partial charge on any atom is 0.144 e. The molecule has 4 N–H and O–H groups in total. The average Bonchev–Trinajstić information content (AvgIpc) is 2.46. The summed E-state index contributed by atoms with van der Waals surface area (Å²) in [6.07, 6.45) is 2.91. The minimum atomic E-state index is -0.266. The summed E-state index contributed by atoms with van der Waals surface area (Å²) in [6, 6.07) is 5.91. The van der Waals surface area contributed by atoms with E-state index < -0.39 is 0 Å². The highest BCUT2D eigenvalue weighted by atomic mass is 79.9. The summed E-state index contributed by atoms with van der Waals surface area (Å²) in [5, 5.41) is 15.2. The third-order valence-electron chi connectivity index (χ3n) is 3.51. The molecule has 118 valence electrons. The van der Waals surface area contributed by atoms with Crippen molar-refractivity contribution in [2.75, 3.05) is 19.0 Å². The largest absolute Gasteiger partial charge is 0.496 e. The highest BCUT2D eigenvalue weighted by molar-refractivity contribution is 9.10. The molecule has 0 spiro atoms. The smallest absolute Gasteiger partial charge is 0.144 e. The van der Waals surface area contributed by atoms with E-state index in [0.717, 1.165) is 41.7 Å². The number of nitrogens with zero attached hydrogens (tertiary/aromatic N) is 1. The fourth-order valence-corrected chi connectivity index (χ4v) is 2.51. The summed E-state index contributed by atoms with van der Waals surface area (Å²) in [5.41, 5.74) is 6.46. The molecule has 0 amide bonds. The van der Waals surface area contributed by atoms with Crippen molar-refractivity contribution in [3.8, 4) is 5.75 Å². The number of unbranched alkanes of at least 4 members (excludes halogenated alkanes) is 1. The first-order valence-corrected chi connectivity index (χ1v) is 7.75. The summed E-state index contributed by atoms with van der Waals surface area (Å²) in [5.74, 6) is 1.11. The Labute approximate surface area is 134 Å². The molecular formula is C15H24BrN3O2. The first-order valence-electron chi connectivity index (χ1n) is 6.96.